The zero-order valence-corrected chi connectivity index (χ0v) is 12.8. The highest BCUT2D eigenvalue weighted by Crippen LogP contribution is 2.38. The number of nitrogens with zero attached hydrogens (tertiary/aromatic N) is 2. The van der Waals surface area contributed by atoms with E-state index in [1.54, 1.807) is 0 Å². The Morgan fingerprint density at radius 1 is 1.47 bits per heavy atom. The van der Waals surface area contributed by atoms with Crippen LogP contribution in [0.4, 0.5) is 10.7 Å². The molecular weight excluding hydrogens is 264 g/mol. The topological polar surface area (TPSA) is 63.4 Å². The summed E-state index contributed by atoms with van der Waals surface area (Å²) in [7, 11) is 1.84. The van der Waals surface area contributed by atoms with Crippen LogP contribution in [0, 0.1) is 16.0 Å². The molecule has 0 aliphatic heterocycles. The molecule has 6 heteroatoms. The molecule has 5 nitrogen and oxygen atoms in total. The third kappa shape index (κ3) is 3.76. The van der Waals surface area contributed by atoms with Gasteiger partial charge in [-0.2, -0.15) is 0 Å². The lowest BCUT2D eigenvalue weighted by Crippen LogP contribution is -2.29. The molecule has 1 aromatic heterocycles. The van der Waals surface area contributed by atoms with Crippen molar-refractivity contribution in [2.45, 2.75) is 40.2 Å². The Labute approximate surface area is 117 Å². The third-order valence-corrected chi connectivity index (χ3v) is 4.35. The molecule has 106 valence electrons. The van der Waals surface area contributed by atoms with Gasteiger partial charge < -0.3 is 4.90 Å². The maximum absolute atomic E-state index is 11.4. The second-order valence-corrected chi connectivity index (χ2v) is 6.23. The van der Waals surface area contributed by atoms with Crippen molar-refractivity contribution in [1.29, 1.82) is 0 Å². The van der Waals surface area contributed by atoms with Gasteiger partial charge in [0, 0.05) is 19.2 Å². The first-order valence-corrected chi connectivity index (χ1v) is 7.07. The highest BCUT2D eigenvalue weighted by atomic mass is 32.1. The predicted molar refractivity (Wildman–Crippen MR) is 78.3 cm³/mol. The quantitative estimate of drug-likeness (QED) is 0.453. The van der Waals surface area contributed by atoms with Crippen molar-refractivity contribution in [2.24, 2.45) is 5.92 Å². The molecule has 1 rings (SSSR count). The Balaban J connectivity index is 3.10. The van der Waals surface area contributed by atoms with Crippen LogP contribution in [0.2, 0.25) is 0 Å². The largest absolute Gasteiger partial charge is 0.358 e. The smallest absolute Gasteiger partial charge is 0.304 e. The third-order valence-electron chi connectivity index (χ3n) is 3.03. The van der Waals surface area contributed by atoms with Crippen LogP contribution in [0.3, 0.4) is 0 Å². The van der Waals surface area contributed by atoms with Crippen molar-refractivity contribution in [3.8, 4) is 0 Å². The number of ketones is 1. The van der Waals surface area contributed by atoms with E-state index in [0.29, 0.717) is 15.8 Å². The summed E-state index contributed by atoms with van der Waals surface area (Å²) in [5.74, 6) is 0.382. The summed E-state index contributed by atoms with van der Waals surface area (Å²) in [5.41, 5.74) is 0.0216. The van der Waals surface area contributed by atoms with E-state index < -0.39 is 4.92 Å². The molecule has 0 saturated heterocycles. The first-order chi connectivity index (χ1) is 8.73. The van der Waals surface area contributed by atoms with E-state index in [9.17, 15) is 14.9 Å². The molecule has 1 heterocycles. The molecule has 0 aromatic carbocycles. The summed E-state index contributed by atoms with van der Waals surface area (Å²) in [6.07, 6.45) is 0.945. The van der Waals surface area contributed by atoms with E-state index in [-0.39, 0.29) is 17.5 Å². The molecule has 0 amide bonds. The van der Waals surface area contributed by atoms with Crippen LogP contribution in [0.1, 0.15) is 43.8 Å². The number of anilines is 1. The van der Waals surface area contributed by atoms with Gasteiger partial charge in [-0.3, -0.25) is 14.9 Å². The van der Waals surface area contributed by atoms with Crippen molar-refractivity contribution in [1.82, 2.24) is 0 Å². The van der Waals surface area contributed by atoms with Crippen molar-refractivity contribution in [2.75, 3.05) is 11.9 Å². The zero-order chi connectivity index (χ0) is 14.7. The second kappa shape index (κ2) is 6.14. The van der Waals surface area contributed by atoms with Gasteiger partial charge >= 0.3 is 5.69 Å². The Morgan fingerprint density at radius 2 is 2.05 bits per heavy atom. The van der Waals surface area contributed by atoms with E-state index in [1.165, 1.54) is 24.3 Å². The molecular formula is C13H20N2O3S. The lowest BCUT2D eigenvalue weighted by atomic mass is 10.0. The molecule has 0 aliphatic rings. The number of hydrogen-bond acceptors (Lipinski definition) is 5. The number of carbonyl (C=O) groups is 1. The van der Waals surface area contributed by atoms with Crippen LogP contribution in [-0.2, 0) is 0 Å². The van der Waals surface area contributed by atoms with Crippen molar-refractivity contribution < 1.29 is 9.72 Å². The molecule has 0 fully saturated rings. The summed E-state index contributed by atoms with van der Waals surface area (Å²) in [6, 6.07) is 1.57. The minimum atomic E-state index is -0.420. The van der Waals surface area contributed by atoms with Crippen LogP contribution in [0.25, 0.3) is 0 Å². The van der Waals surface area contributed by atoms with Gasteiger partial charge in [0.2, 0.25) is 0 Å². The van der Waals surface area contributed by atoms with E-state index in [0.717, 1.165) is 6.42 Å². The monoisotopic (exact) mass is 284 g/mol. The molecule has 1 atom stereocenters. The number of nitro groups is 1. The van der Waals surface area contributed by atoms with E-state index in [4.69, 9.17) is 0 Å². The van der Waals surface area contributed by atoms with Crippen LogP contribution < -0.4 is 4.90 Å². The molecule has 1 unspecified atom stereocenters. The van der Waals surface area contributed by atoms with Gasteiger partial charge in [0.1, 0.15) is 0 Å². The van der Waals surface area contributed by atoms with Gasteiger partial charge in [-0.05, 0) is 26.2 Å². The van der Waals surface area contributed by atoms with E-state index in [1.807, 2.05) is 18.9 Å². The second-order valence-electron chi connectivity index (χ2n) is 5.20. The van der Waals surface area contributed by atoms with E-state index in [2.05, 4.69) is 13.8 Å². The van der Waals surface area contributed by atoms with Gasteiger partial charge in [-0.25, -0.2) is 0 Å². The number of carbonyl (C=O) groups excluding carboxylic acids is 1. The van der Waals surface area contributed by atoms with Crippen LogP contribution >= 0.6 is 11.3 Å². The molecule has 0 bridgehead atoms. The normalized spacial score (nSPS) is 12.5. The Morgan fingerprint density at radius 3 is 2.47 bits per heavy atom. The van der Waals surface area contributed by atoms with Crippen LogP contribution in [0.15, 0.2) is 6.07 Å². The highest BCUT2D eigenvalue weighted by Gasteiger charge is 2.26. The fraction of sp³-hybridized carbons (Fsp3) is 0.615. The van der Waals surface area contributed by atoms with Crippen LogP contribution in [0.5, 0.6) is 0 Å². The summed E-state index contributed by atoms with van der Waals surface area (Å²) in [6.45, 7) is 7.70. The molecule has 0 spiro atoms. The molecule has 0 saturated carbocycles. The molecule has 0 aliphatic carbocycles. The highest BCUT2D eigenvalue weighted by molar-refractivity contribution is 7.18. The Kier molecular flexibility index (Phi) is 5.05. The summed E-state index contributed by atoms with van der Waals surface area (Å²) < 4.78 is 0. The minimum absolute atomic E-state index is 0.0216. The van der Waals surface area contributed by atoms with Crippen molar-refractivity contribution in [3.05, 3.63) is 21.1 Å². The molecule has 0 N–H and O–H groups in total. The number of thiophene rings is 1. The standard InChI is InChI=1S/C13H20N2O3S/c1-8(2)6-9(3)14(5)13-11(15(17)18)7-12(19-13)10(4)16/h7-9H,6H2,1-5H3. The molecule has 19 heavy (non-hydrogen) atoms. The Hall–Kier alpha value is -1.43. The average Bonchev–Trinajstić information content (AvgIpc) is 2.71. The van der Waals surface area contributed by atoms with Gasteiger partial charge in [0.15, 0.2) is 10.8 Å². The number of Topliss-reactive ketones (excluding diaryl/α,β-unsaturated/α-hetero) is 1. The lowest BCUT2D eigenvalue weighted by Gasteiger charge is -2.26. The minimum Gasteiger partial charge on any atom is -0.358 e. The van der Waals surface area contributed by atoms with Gasteiger partial charge in [-0.15, -0.1) is 11.3 Å². The number of rotatable bonds is 6. The van der Waals surface area contributed by atoms with E-state index >= 15 is 0 Å². The van der Waals surface area contributed by atoms with Crippen molar-refractivity contribution >= 4 is 27.8 Å². The predicted octanol–water partition coefficient (Wildman–Crippen LogP) is 3.73. The number of hydrogen-bond donors (Lipinski definition) is 0. The molecule has 1 aromatic rings. The van der Waals surface area contributed by atoms with Gasteiger partial charge in [0.25, 0.3) is 0 Å². The summed E-state index contributed by atoms with van der Waals surface area (Å²) in [5, 5.41) is 11.6. The van der Waals surface area contributed by atoms with Crippen LogP contribution in [-0.4, -0.2) is 23.8 Å². The first-order valence-electron chi connectivity index (χ1n) is 6.26. The lowest BCUT2D eigenvalue weighted by molar-refractivity contribution is -0.383. The zero-order valence-electron chi connectivity index (χ0n) is 12.0. The summed E-state index contributed by atoms with van der Waals surface area (Å²) >= 11 is 1.19. The summed E-state index contributed by atoms with van der Waals surface area (Å²) in [4.78, 5) is 24.4. The average molecular weight is 284 g/mol. The van der Waals surface area contributed by atoms with Gasteiger partial charge in [-0.1, -0.05) is 13.8 Å². The molecule has 0 radical (unpaired) electrons. The SMILES string of the molecule is CC(=O)c1cc([N+](=O)[O-])c(N(C)C(C)CC(C)C)s1. The van der Waals surface area contributed by atoms with Gasteiger partial charge in [0.05, 0.1) is 9.80 Å². The first kappa shape index (κ1) is 15.6. The fourth-order valence-electron chi connectivity index (χ4n) is 1.97. The van der Waals surface area contributed by atoms with Crippen molar-refractivity contribution in [3.63, 3.8) is 0 Å². The maximum Gasteiger partial charge on any atom is 0.304 e. The maximum atomic E-state index is 11.4. The Bertz CT molecular complexity index is 482. The fourth-order valence-corrected chi connectivity index (χ4v) is 3.05.